The van der Waals surface area contributed by atoms with Crippen LogP contribution in [0.3, 0.4) is 0 Å². The quantitative estimate of drug-likeness (QED) is 0.714. The zero-order valence-electron chi connectivity index (χ0n) is 15.4. The molecule has 0 spiro atoms. The first kappa shape index (κ1) is 18.4. The minimum absolute atomic E-state index is 0.115. The monoisotopic (exact) mass is 372 g/mol. The van der Waals surface area contributed by atoms with Gasteiger partial charge < -0.3 is 9.14 Å². The molecule has 3 heterocycles. The summed E-state index contributed by atoms with van der Waals surface area (Å²) in [7, 11) is 0. The van der Waals surface area contributed by atoms with Crippen molar-refractivity contribution < 1.29 is 9.53 Å². The average Bonchev–Trinajstić information content (AvgIpc) is 2.90. The number of carbonyl (C=O) groups is 1. The zero-order valence-corrected chi connectivity index (χ0v) is 15.4. The molecule has 0 aliphatic carbocycles. The molecule has 10 heteroatoms. The van der Waals surface area contributed by atoms with Crippen LogP contribution in [0.15, 0.2) is 34.2 Å². The number of aromatic amines is 1. The van der Waals surface area contributed by atoms with Crippen molar-refractivity contribution in [2.45, 2.75) is 39.8 Å². The van der Waals surface area contributed by atoms with Crippen LogP contribution in [0, 0.1) is 6.92 Å². The first-order chi connectivity index (χ1) is 12.6. The number of ether oxygens (including phenoxy) is 1. The van der Waals surface area contributed by atoms with E-state index < -0.39 is 22.9 Å². The summed E-state index contributed by atoms with van der Waals surface area (Å²) >= 11 is 0. The van der Waals surface area contributed by atoms with Crippen molar-refractivity contribution in [3.05, 3.63) is 56.9 Å². The molecule has 0 saturated heterocycles. The first-order valence-corrected chi connectivity index (χ1v) is 8.26. The van der Waals surface area contributed by atoms with Gasteiger partial charge in [-0.2, -0.15) is 0 Å². The Balaban J connectivity index is 1.94. The van der Waals surface area contributed by atoms with E-state index in [1.807, 2.05) is 0 Å². The average molecular weight is 372 g/mol. The molecule has 0 aromatic carbocycles. The topological polar surface area (TPSA) is 123 Å². The Hall–Kier alpha value is -3.43. The van der Waals surface area contributed by atoms with Gasteiger partial charge in [-0.3, -0.25) is 24.6 Å². The molecule has 10 nitrogen and oxygen atoms in total. The van der Waals surface area contributed by atoms with Gasteiger partial charge in [-0.1, -0.05) is 0 Å². The fraction of sp³-hybridized carbons (Fsp3) is 0.353. The van der Waals surface area contributed by atoms with Crippen molar-refractivity contribution in [3.63, 3.8) is 0 Å². The summed E-state index contributed by atoms with van der Waals surface area (Å²) in [6.45, 7) is 7.22. The van der Waals surface area contributed by atoms with E-state index in [0.29, 0.717) is 22.9 Å². The number of nitrogens with zero attached hydrogens (tertiary/aromatic N) is 4. The van der Waals surface area contributed by atoms with E-state index in [1.165, 1.54) is 16.8 Å². The Labute approximate surface area is 153 Å². The largest absolute Gasteiger partial charge is 0.444 e. The van der Waals surface area contributed by atoms with Crippen LogP contribution in [-0.4, -0.2) is 35.6 Å². The van der Waals surface area contributed by atoms with E-state index >= 15 is 0 Å². The predicted octanol–water partition coefficient (Wildman–Crippen LogP) is 1.28. The molecule has 0 fully saturated rings. The van der Waals surface area contributed by atoms with E-state index in [-0.39, 0.29) is 6.54 Å². The number of hydrogen-bond donors (Lipinski definition) is 2. The number of anilines is 1. The molecule has 0 radical (unpaired) electrons. The summed E-state index contributed by atoms with van der Waals surface area (Å²) in [5.74, 6) is 0.298. The van der Waals surface area contributed by atoms with Crippen molar-refractivity contribution in [1.82, 2.24) is 23.9 Å². The number of aromatic nitrogens is 5. The predicted molar refractivity (Wildman–Crippen MR) is 98.0 cm³/mol. The van der Waals surface area contributed by atoms with Crippen molar-refractivity contribution in [3.8, 4) is 0 Å². The van der Waals surface area contributed by atoms with Gasteiger partial charge in [-0.15, -0.1) is 0 Å². The highest BCUT2D eigenvalue weighted by atomic mass is 16.6. The maximum atomic E-state index is 11.9. The highest BCUT2D eigenvalue weighted by Crippen LogP contribution is 2.16. The van der Waals surface area contributed by atoms with Crippen molar-refractivity contribution in [2.24, 2.45) is 0 Å². The van der Waals surface area contributed by atoms with Crippen LogP contribution < -0.4 is 16.6 Å². The molecule has 1 amide bonds. The normalized spacial score (nSPS) is 11.6. The molecule has 0 aliphatic heterocycles. The van der Waals surface area contributed by atoms with Crippen LogP contribution >= 0.6 is 0 Å². The second-order valence-electron chi connectivity index (χ2n) is 7.05. The van der Waals surface area contributed by atoms with Gasteiger partial charge in [0, 0.05) is 18.5 Å². The molecule has 27 heavy (non-hydrogen) atoms. The van der Waals surface area contributed by atoms with Gasteiger partial charge >= 0.3 is 11.8 Å². The van der Waals surface area contributed by atoms with Gasteiger partial charge in [0.25, 0.3) is 5.56 Å². The second kappa shape index (κ2) is 6.71. The lowest BCUT2D eigenvalue weighted by molar-refractivity contribution is 0.0635. The first-order valence-electron chi connectivity index (χ1n) is 8.26. The summed E-state index contributed by atoms with van der Waals surface area (Å²) in [6.07, 6.45) is 4.16. The zero-order chi connectivity index (χ0) is 19.8. The summed E-state index contributed by atoms with van der Waals surface area (Å²) in [4.78, 5) is 46.1. The maximum Gasteiger partial charge on any atom is 0.413 e. The summed E-state index contributed by atoms with van der Waals surface area (Å²) in [5.41, 5.74) is 0.0611. The van der Waals surface area contributed by atoms with Gasteiger partial charge in [-0.05, 0) is 27.7 Å². The molecule has 0 unspecified atom stereocenters. The van der Waals surface area contributed by atoms with Gasteiger partial charge in [0.2, 0.25) is 0 Å². The third kappa shape index (κ3) is 4.40. The van der Waals surface area contributed by atoms with Gasteiger partial charge in [0.15, 0.2) is 11.5 Å². The fourth-order valence-corrected chi connectivity index (χ4v) is 2.50. The van der Waals surface area contributed by atoms with Crippen molar-refractivity contribution >= 4 is 17.6 Å². The number of aryl methyl sites for hydroxylation is 1. The lowest BCUT2D eigenvalue weighted by atomic mass is 10.2. The standard InChI is InChI=1S/C17H20N6O4/c1-10-7-23-9-12(20-16(26)27-17(2,3)4)19-14(23)11(18-10)8-22-6-5-13(24)21-15(22)25/h5-7,9H,8H2,1-4H3,(H,20,26)(H,21,24,25). The number of amides is 1. The molecule has 3 aromatic heterocycles. The second-order valence-corrected chi connectivity index (χ2v) is 7.05. The Bertz CT molecular complexity index is 1120. The van der Waals surface area contributed by atoms with Crippen LogP contribution in [0.4, 0.5) is 10.6 Å². The van der Waals surface area contributed by atoms with E-state index in [9.17, 15) is 14.4 Å². The molecular formula is C17H20N6O4. The summed E-state index contributed by atoms with van der Waals surface area (Å²) in [6, 6.07) is 1.26. The summed E-state index contributed by atoms with van der Waals surface area (Å²) in [5, 5.41) is 2.58. The molecular weight excluding hydrogens is 352 g/mol. The summed E-state index contributed by atoms with van der Waals surface area (Å²) < 4.78 is 8.25. The van der Waals surface area contributed by atoms with E-state index in [4.69, 9.17) is 4.74 Å². The third-order valence-electron chi connectivity index (χ3n) is 3.47. The molecule has 0 atom stereocenters. The maximum absolute atomic E-state index is 11.9. The van der Waals surface area contributed by atoms with Gasteiger partial charge in [-0.25, -0.2) is 14.6 Å². The van der Waals surface area contributed by atoms with Crippen LogP contribution in [-0.2, 0) is 11.3 Å². The Kier molecular flexibility index (Phi) is 4.56. The SMILES string of the molecule is Cc1cn2cc(NC(=O)OC(C)(C)C)nc2c(Cn2ccc(=O)[nH]c2=O)n1. The number of imidazole rings is 1. The lowest BCUT2D eigenvalue weighted by Gasteiger charge is -2.18. The molecule has 2 N–H and O–H groups in total. The van der Waals surface area contributed by atoms with Crippen LogP contribution in [0.25, 0.3) is 5.65 Å². The lowest BCUT2D eigenvalue weighted by Crippen LogP contribution is -2.29. The van der Waals surface area contributed by atoms with Crippen LogP contribution in [0.5, 0.6) is 0 Å². The Morgan fingerprint density at radius 2 is 2.00 bits per heavy atom. The number of nitrogens with one attached hydrogen (secondary N) is 2. The molecule has 142 valence electrons. The smallest absolute Gasteiger partial charge is 0.413 e. The highest BCUT2D eigenvalue weighted by Gasteiger charge is 2.18. The number of hydrogen-bond acceptors (Lipinski definition) is 6. The van der Waals surface area contributed by atoms with Crippen molar-refractivity contribution in [1.29, 1.82) is 0 Å². The van der Waals surface area contributed by atoms with Crippen LogP contribution in [0.1, 0.15) is 32.2 Å². The number of carbonyl (C=O) groups excluding carboxylic acids is 1. The van der Waals surface area contributed by atoms with E-state index in [1.54, 1.807) is 44.5 Å². The number of rotatable bonds is 3. The highest BCUT2D eigenvalue weighted by molar-refractivity contribution is 5.84. The third-order valence-corrected chi connectivity index (χ3v) is 3.47. The fourth-order valence-electron chi connectivity index (χ4n) is 2.50. The number of H-pyrrole nitrogens is 1. The molecule has 0 saturated carbocycles. The van der Waals surface area contributed by atoms with Crippen molar-refractivity contribution in [2.75, 3.05) is 5.32 Å². The Morgan fingerprint density at radius 1 is 1.26 bits per heavy atom. The minimum atomic E-state index is -0.627. The molecule has 3 aromatic rings. The molecule has 3 rings (SSSR count). The van der Waals surface area contributed by atoms with Gasteiger partial charge in [0.05, 0.1) is 18.4 Å². The van der Waals surface area contributed by atoms with Gasteiger partial charge in [0.1, 0.15) is 11.3 Å². The van der Waals surface area contributed by atoms with E-state index in [0.717, 1.165) is 0 Å². The Morgan fingerprint density at radius 3 is 2.67 bits per heavy atom. The van der Waals surface area contributed by atoms with E-state index in [2.05, 4.69) is 20.3 Å². The minimum Gasteiger partial charge on any atom is -0.444 e. The number of fused-ring (bicyclic) bond motifs is 1. The molecule has 0 bridgehead atoms. The molecule has 0 aliphatic rings. The van der Waals surface area contributed by atoms with Crippen LogP contribution in [0.2, 0.25) is 0 Å².